The molecule has 167 valence electrons. The molecule has 0 aromatic rings. The minimum Gasteiger partial charge on any atom is -0.478 e. The van der Waals surface area contributed by atoms with E-state index in [4.69, 9.17) is 5.11 Å². The molecule has 0 aromatic heterocycles. The Labute approximate surface area is 168 Å². The Kier molecular flexibility index (Phi) is 6.49. The number of nitrogens with zero attached hydrogens (tertiary/aromatic N) is 1. The summed E-state index contributed by atoms with van der Waals surface area (Å²) in [7, 11) is 0. The van der Waals surface area contributed by atoms with Gasteiger partial charge < -0.3 is 5.11 Å². The maximum absolute atomic E-state index is 13.6. The van der Waals surface area contributed by atoms with Gasteiger partial charge in [-0.3, -0.25) is 0 Å². The Hall–Kier alpha value is -0.690. The maximum atomic E-state index is 13.6. The van der Waals surface area contributed by atoms with Crippen molar-refractivity contribution in [3.63, 3.8) is 0 Å². The quantitative estimate of drug-likeness (QED) is 0.377. The SMILES string of the molecule is O=C(O)C(F)(C(F)(F)F)C(F)(F)N1C(F)(F)C(F)(F)C(F)(F)C(F)(F)C1(F)F.[Na]. The van der Waals surface area contributed by atoms with Crippen LogP contribution in [-0.4, -0.2) is 93.3 Å². The molecule has 1 aliphatic heterocycles. The van der Waals surface area contributed by atoms with Gasteiger partial charge in [-0.25, -0.2) is 9.18 Å². The van der Waals surface area contributed by atoms with Gasteiger partial charge in [0.1, 0.15) is 0 Å². The summed E-state index contributed by atoms with van der Waals surface area (Å²) in [6.45, 7) is 0. The molecule has 3 nitrogen and oxygen atoms in total. The number of hydrogen-bond donors (Lipinski definition) is 1. The van der Waals surface area contributed by atoms with Crippen LogP contribution in [0.2, 0.25) is 0 Å². The number of carboxylic acid groups (broad SMARTS) is 1. The minimum absolute atomic E-state index is 0. The van der Waals surface area contributed by atoms with Gasteiger partial charge in [0.15, 0.2) is 0 Å². The zero-order chi connectivity index (χ0) is 23.2. The number of carboxylic acids is 1. The van der Waals surface area contributed by atoms with Gasteiger partial charge in [-0.1, -0.05) is 0 Å². The van der Waals surface area contributed by atoms with Crippen LogP contribution in [0.4, 0.5) is 70.2 Å². The monoisotopic (exact) mass is 482 g/mol. The summed E-state index contributed by atoms with van der Waals surface area (Å²) in [5, 5.41) is 7.92. The predicted molar refractivity (Wildman–Crippen MR) is 54.8 cm³/mol. The molecule has 0 spiro atoms. The van der Waals surface area contributed by atoms with E-state index in [2.05, 4.69) is 0 Å². The van der Waals surface area contributed by atoms with Crippen LogP contribution in [0.1, 0.15) is 0 Å². The van der Waals surface area contributed by atoms with Crippen LogP contribution < -0.4 is 0 Å². The topological polar surface area (TPSA) is 40.5 Å². The average molecular weight is 482 g/mol. The fourth-order valence-electron chi connectivity index (χ4n) is 1.96. The van der Waals surface area contributed by atoms with Crippen molar-refractivity contribution < 1.29 is 80.1 Å². The van der Waals surface area contributed by atoms with E-state index >= 15 is 0 Å². The molecule has 1 radical (unpaired) electrons. The maximum Gasteiger partial charge on any atom is 0.441 e. The Morgan fingerprint density at radius 2 is 0.931 bits per heavy atom. The number of rotatable bonds is 3. The van der Waals surface area contributed by atoms with Crippen molar-refractivity contribution in [2.75, 3.05) is 0 Å². The van der Waals surface area contributed by atoms with E-state index in [9.17, 15) is 75.0 Å². The van der Waals surface area contributed by atoms with Gasteiger partial charge in [0.05, 0.1) is 0 Å². The molecule has 0 aromatic carbocycles. The molecular weight excluding hydrogens is 481 g/mol. The van der Waals surface area contributed by atoms with Crippen LogP contribution in [0.25, 0.3) is 0 Å². The molecule has 1 saturated heterocycles. The summed E-state index contributed by atoms with van der Waals surface area (Å²) in [6, 6.07) is -24.2. The van der Waals surface area contributed by atoms with E-state index in [0.29, 0.717) is 0 Å². The Bertz CT molecular complexity index is 644. The summed E-state index contributed by atoms with van der Waals surface area (Å²) < 4.78 is 209. The molecular formula is C9HF16NNaO2. The van der Waals surface area contributed by atoms with Crippen molar-refractivity contribution >= 4 is 35.5 Å². The number of halogens is 16. The summed E-state index contributed by atoms with van der Waals surface area (Å²) in [6.07, 6.45) is -7.67. The molecule has 1 heterocycles. The fourth-order valence-corrected chi connectivity index (χ4v) is 1.96. The molecule has 1 unspecified atom stereocenters. The number of carbonyl (C=O) groups is 1. The van der Waals surface area contributed by atoms with Gasteiger partial charge in [0.25, 0.3) is 0 Å². The largest absolute Gasteiger partial charge is 0.478 e. The first kappa shape index (κ1) is 28.3. The normalized spacial score (nSPS) is 27.4. The van der Waals surface area contributed by atoms with Crippen LogP contribution in [0, 0.1) is 0 Å². The first-order valence-corrected chi connectivity index (χ1v) is 5.87. The van der Waals surface area contributed by atoms with Gasteiger partial charge in [-0.15, -0.1) is 4.90 Å². The molecule has 0 amide bonds. The fraction of sp³-hybridized carbons (Fsp3) is 0.889. The van der Waals surface area contributed by atoms with E-state index in [-0.39, 0.29) is 29.6 Å². The van der Waals surface area contributed by atoms with Gasteiger partial charge in [0, 0.05) is 29.6 Å². The minimum atomic E-state index is -8.17. The van der Waals surface area contributed by atoms with Crippen molar-refractivity contribution in [3.8, 4) is 0 Å². The second-order valence-corrected chi connectivity index (χ2v) is 5.14. The van der Waals surface area contributed by atoms with E-state index in [0.717, 1.165) is 0 Å². The molecule has 1 fully saturated rings. The molecule has 1 atom stereocenters. The van der Waals surface area contributed by atoms with Gasteiger partial charge >= 0.3 is 53.7 Å². The smallest absolute Gasteiger partial charge is 0.441 e. The molecule has 0 bridgehead atoms. The number of hydrogen-bond acceptors (Lipinski definition) is 2. The third kappa shape index (κ3) is 2.93. The van der Waals surface area contributed by atoms with Crippen molar-refractivity contribution in [2.24, 2.45) is 0 Å². The Balaban J connectivity index is 0.00000784. The first-order chi connectivity index (χ1) is 11.8. The van der Waals surface area contributed by atoms with Gasteiger partial charge in [0.2, 0.25) is 0 Å². The summed E-state index contributed by atoms with van der Waals surface area (Å²) >= 11 is 0. The van der Waals surface area contributed by atoms with E-state index in [1.165, 1.54) is 0 Å². The summed E-state index contributed by atoms with van der Waals surface area (Å²) in [5.74, 6) is -28.4. The molecule has 20 heteroatoms. The molecule has 1 aliphatic rings. The van der Waals surface area contributed by atoms with Gasteiger partial charge in [-0.2, -0.15) is 65.9 Å². The standard InChI is InChI=1S/C9HF16NO2.Na/c10-2(1(27)28,6(17,18)19)7(20,21)26-8(22,23)4(13,14)3(11,12)5(15,16)9(26,24)25;/h(H,27,28);. The van der Waals surface area contributed by atoms with Crippen LogP contribution in [0.15, 0.2) is 0 Å². The number of likely N-dealkylation sites (tertiary alicyclic amines) is 1. The third-order valence-corrected chi connectivity index (χ3v) is 3.49. The Morgan fingerprint density at radius 3 is 1.14 bits per heavy atom. The predicted octanol–water partition coefficient (Wildman–Crippen LogP) is 3.96. The number of alkyl halides is 16. The van der Waals surface area contributed by atoms with E-state index < -0.39 is 58.6 Å². The zero-order valence-electron chi connectivity index (χ0n) is 12.9. The first-order valence-electron chi connectivity index (χ1n) is 5.87. The Morgan fingerprint density at radius 1 is 0.655 bits per heavy atom. The van der Waals surface area contributed by atoms with Crippen molar-refractivity contribution in [1.29, 1.82) is 0 Å². The molecule has 29 heavy (non-hydrogen) atoms. The zero-order valence-corrected chi connectivity index (χ0v) is 14.9. The third-order valence-electron chi connectivity index (χ3n) is 3.49. The number of piperidine rings is 1. The van der Waals surface area contributed by atoms with Crippen LogP contribution in [-0.2, 0) is 4.79 Å². The van der Waals surface area contributed by atoms with E-state index in [1.807, 2.05) is 0 Å². The average Bonchev–Trinajstić information content (AvgIpc) is 2.41. The second-order valence-electron chi connectivity index (χ2n) is 5.14. The summed E-state index contributed by atoms with van der Waals surface area (Å²) in [5.41, 5.74) is -7.65. The second kappa shape index (κ2) is 6.65. The molecule has 0 saturated carbocycles. The van der Waals surface area contributed by atoms with Crippen LogP contribution >= 0.6 is 0 Å². The van der Waals surface area contributed by atoms with Crippen molar-refractivity contribution in [2.45, 2.75) is 47.8 Å². The molecule has 0 aliphatic carbocycles. The van der Waals surface area contributed by atoms with E-state index in [1.54, 1.807) is 0 Å². The molecule has 1 rings (SSSR count). The van der Waals surface area contributed by atoms with Gasteiger partial charge in [-0.05, 0) is 0 Å². The number of aliphatic carboxylic acids is 1. The summed E-state index contributed by atoms with van der Waals surface area (Å²) in [4.78, 5) is 5.71. The molecule has 1 N–H and O–H groups in total. The van der Waals surface area contributed by atoms with Crippen LogP contribution in [0.3, 0.4) is 0 Å². The van der Waals surface area contributed by atoms with Crippen molar-refractivity contribution in [3.05, 3.63) is 0 Å². The van der Waals surface area contributed by atoms with Crippen LogP contribution in [0.5, 0.6) is 0 Å². The van der Waals surface area contributed by atoms with Crippen molar-refractivity contribution in [1.82, 2.24) is 4.90 Å².